The van der Waals surface area contributed by atoms with Gasteiger partial charge in [0.25, 0.3) is 5.91 Å². The van der Waals surface area contributed by atoms with Gasteiger partial charge in [-0.2, -0.15) is 0 Å². The van der Waals surface area contributed by atoms with Crippen molar-refractivity contribution in [3.8, 4) is 17.3 Å². The van der Waals surface area contributed by atoms with Crippen molar-refractivity contribution in [2.45, 2.75) is 0 Å². The maximum atomic E-state index is 14.0. The minimum atomic E-state index is -0.889. The van der Waals surface area contributed by atoms with E-state index in [1.54, 1.807) is 24.3 Å². The molecule has 2 aromatic heterocycles. The lowest BCUT2D eigenvalue weighted by atomic mass is 10.2. The van der Waals surface area contributed by atoms with Gasteiger partial charge in [-0.25, -0.2) is 18.7 Å². The molecule has 1 amide bonds. The number of carbonyl (C=O) groups is 1. The highest BCUT2D eigenvalue weighted by Crippen LogP contribution is 2.30. The first-order valence-corrected chi connectivity index (χ1v) is 7.23. The van der Waals surface area contributed by atoms with Gasteiger partial charge in [0.15, 0.2) is 5.69 Å². The van der Waals surface area contributed by atoms with Crippen LogP contribution in [0.25, 0.3) is 28.4 Å². The summed E-state index contributed by atoms with van der Waals surface area (Å²) in [5, 5.41) is 0. The topological polar surface area (TPSA) is 86.9 Å². The van der Waals surface area contributed by atoms with Gasteiger partial charge in [0.1, 0.15) is 23.5 Å². The molecule has 4 aromatic rings. The van der Waals surface area contributed by atoms with Gasteiger partial charge in [-0.1, -0.05) is 18.2 Å². The first-order valence-electron chi connectivity index (χ1n) is 7.23. The number of hydrogen-bond acceptors (Lipinski definition) is 4. The summed E-state index contributed by atoms with van der Waals surface area (Å²) >= 11 is 0. The molecule has 0 spiro atoms. The number of oxazole rings is 1. The molecule has 0 aliphatic carbocycles. The van der Waals surface area contributed by atoms with Crippen LogP contribution >= 0.6 is 0 Å². The molecule has 0 saturated heterocycles. The van der Waals surface area contributed by atoms with Crippen LogP contribution in [0.5, 0.6) is 0 Å². The van der Waals surface area contributed by atoms with Gasteiger partial charge in [-0.3, -0.25) is 9.36 Å². The summed E-state index contributed by atoms with van der Waals surface area (Å²) in [6.07, 6.45) is 1.42. The summed E-state index contributed by atoms with van der Waals surface area (Å²) < 4.78 is 35.0. The molecule has 0 atom stereocenters. The zero-order chi connectivity index (χ0) is 17.6. The normalized spacial score (nSPS) is 11.1. The first-order chi connectivity index (χ1) is 12.1. The van der Waals surface area contributed by atoms with Crippen molar-refractivity contribution in [2.75, 3.05) is 0 Å². The third-order valence-corrected chi connectivity index (χ3v) is 3.69. The molecule has 0 bridgehead atoms. The van der Waals surface area contributed by atoms with Crippen LogP contribution in [-0.2, 0) is 0 Å². The van der Waals surface area contributed by atoms with E-state index in [2.05, 4.69) is 9.97 Å². The number of rotatable bonds is 3. The Morgan fingerprint density at radius 1 is 1.08 bits per heavy atom. The molecule has 0 fully saturated rings. The number of carbonyl (C=O) groups excluding carboxylic acids is 1. The largest absolute Gasteiger partial charge is 0.419 e. The van der Waals surface area contributed by atoms with Crippen molar-refractivity contribution in [3.05, 3.63) is 66.1 Å². The van der Waals surface area contributed by atoms with E-state index in [1.807, 2.05) is 0 Å². The van der Waals surface area contributed by atoms with E-state index >= 15 is 0 Å². The predicted octanol–water partition coefficient (Wildman–Crippen LogP) is 3.06. The third kappa shape index (κ3) is 2.35. The molecule has 2 aromatic carbocycles. The molecule has 0 aliphatic rings. The van der Waals surface area contributed by atoms with Crippen molar-refractivity contribution in [1.29, 1.82) is 0 Å². The average molecular weight is 340 g/mol. The Balaban J connectivity index is 1.98. The minimum absolute atomic E-state index is 0.0566. The molecule has 0 aliphatic heterocycles. The van der Waals surface area contributed by atoms with Crippen molar-refractivity contribution < 1.29 is 18.0 Å². The van der Waals surface area contributed by atoms with Gasteiger partial charge in [0.2, 0.25) is 11.8 Å². The second kappa shape index (κ2) is 5.52. The molecule has 0 unspecified atom stereocenters. The number of nitrogens with two attached hydrogens (primary N) is 1. The highest BCUT2D eigenvalue weighted by atomic mass is 19.1. The number of amides is 1. The van der Waals surface area contributed by atoms with Crippen molar-refractivity contribution in [1.82, 2.24) is 14.5 Å². The molecule has 8 heteroatoms. The Morgan fingerprint density at radius 2 is 1.80 bits per heavy atom. The highest BCUT2D eigenvalue weighted by molar-refractivity contribution is 5.95. The lowest BCUT2D eigenvalue weighted by Crippen LogP contribution is -2.14. The number of imidazole rings is 1. The Bertz CT molecular complexity index is 1100. The zero-order valence-electron chi connectivity index (χ0n) is 12.6. The predicted molar refractivity (Wildman–Crippen MR) is 85.0 cm³/mol. The Hall–Kier alpha value is -3.55. The van der Waals surface area contributed by atoms with E-state index in [0.29, 0.717) is 11.0 Å². The fraction of sp³-hybridized carbons (Fsp3) is 0. The summed E-state index contributed by atoms with van der Waals surface area (Å²) in [5.41, 5.74) is 5.90. The smallest absolute Gasteiger partial charge is 0.273 e. The quantitative estimate of drug-likeness (QED) is 0.621. The summed E-state index contributed by atoms with van der Waals surface area (Å²) in [6.45, 7) is 0. The van der Waals surface area contributed by atoms with Gasteiger partial charge in [-0.15, -0.1) is 0 Å². The third-order valence-electron chi connectivity index (χ3n) is 3.69. The van der Waals surface area contributed by atoms with Gasteiger partial charge in [0, 0.05) is 0 Å². The minimum Gasteiger partial charge on any atom is -0.419 e. The molecule has 124 valence electrons. The van der Waals surface area contributed by atoms with Crippen molar-refractivity contribution in [2.24, 2.45) is 5.73 Å². The first kappa shape index (κ1) is 15.0. The van der Waals surface area contributed by atoms with E-state index in [-0.39, 0.29) is 17.5 Å². The molecule has 2 heterocycles. The number of halogens is 2. The van der Waals surface area contributed by atoms with Crippen LogP contribution in [0.4, 0.5) is 8.78 Å². The number of nitrogens with zero attached hydrogens (tertiary/aromatic N) is 3. The van der Waals surface area contributed by atoms with Gasteiger partial charge in [0.05, 0.1) is 11.0 Å². The molecule has 0 radical (unpaired) electrons. The number of hydrogen-bond donors (Lipinski definition) is 1. The maximum Gasteiger partial charge on any atom is 0.273 e. The Kier molecular flexibility index (Phi) is 3.31. The molecule has 25 heavy (non-hydrogen) atoms. The second-order valence-corrected chi connectivity index (χ2v) is 5.24. The molecular formula is C17H10F2N4O2. The summed E-state index contributed by atoms with van der Waals surface area (Å²) in [5.74, 6) is -3.05. The summed E-state index contributed by atoms with van der Waals surface area (Å²) in [4.78, 5) is 19.8. The van der Waals surface area contributed by atoms with Crippen LogP contribution in [0.2, 0.25) is 0 Å². The Labute approximate surface area is 139 Å². The van der Waals surface area contributed by atoms with Crippen LogP contribution in [0.15, 0.2) is 53.2 Å². The lowest BCUT2D eigenvalue weighted by Gasteiger charge is -2.01. The van der Waals surface area contributed by atoms with Crippen LogP contribution in [0, 0.1) is 11.6 Å². The van der Waals surface area contributed by atoms with E-state index in [4.69, 9.17) is 10.2 Å². The SMILES string of the molecule is NC(=O)c1nc(-c2c(F)cccc2F)oc1-n1cnc2ccccc21. The van der Waals surface area contributed by atoms with Gasteiger partial charge < -0.3 is 10.2 Å². The van der Waals surface area contributed by atoms with Gasteiger partial charge >= 0.3 is 0 Å². The molecule has 0 saturated carbocycles. The molecule has 4 rings (SSSR count). The number of aromatic nitrogens is 3. The number of primary amides is 1. The van der Waals surface area contributed by atoms with Crippen LogP contribution < -0.4 is 5.73 Å². The monoisotopic (exact) mass is 340 g/mol. The maximum absolute atomic E-state index is 14.0. The highest BCUT2D eigenvalue weighted by Gasteiger charge is 2.25. The lowest BCUT2D eigenvalue weighted by molar-refractivity contribution is 0.0995. The standard InChI is InChI=1S/C17H10F2N4O2/c18-9-4-3-5-10(19)13(9)16-22-14(15(20)24)17(25-16)23-8-21-11-6-1-2-7-12(11)23/h1-8H,(H2,20,24). The summed E-state index contributed by atoms with van der Waals surface area (Å²) in [6, 6.07) is 10.4. The van der Waals surface area contributed by atoms with E-state index in [0.717, 1.165) is 12.1 Å². The van der Waals surface area contributed by atoms with E-state index < -0.39 is 23.1 Å². The fourth-order valence-electron chi connectivity index (χ4n) is 2.57. The number of benzene rings is 2. The average Bonchev–Trinajstić information content (AvgIpc) is 3.18. The number of para-hydroxylation sites is 2. The van der Waals surface area contributed by atoms with E-state index in [1.165, 1.54) is 17.0 Å². The number of fused-ring (bicyclic) bond motifs is 1. The molecular weight excluding hydrogens is 330 g/mol. The molecule has 6 nitrogen and oxygen atoms in total. The fourth-order valence-corrected chi connectivity index (χ4v) is 2.57. The zero-order valence-corrected chi connectivity index (χ0v) is 12.6. The molecule has 2 N–H and O–H groups in total. The summed E-state index contributed by atoms with van der Waals surface area (Å²) in [7, 11) is 0. The van der Waals surface area contributed by atoms with Crippen molar-refractivity contribution in [3.63, 3.8) is 0 Å². The van der Waals surface area contributed by atoms with E-state index in [9.17, 15) is 13.6 Å². The van der Waals surface area contributed by atoms with Crippen LogP contribution in [-0.4, -0.2) is 20.4 Å². The van der Waals surface area contributed by atoms with Crippen LogP contribution in [0.3, 0.4) is 0 Å². The van der Waals surface area contributed by atoms with Crippen molar-refractivity contribution >= 4 is 16.9 Å². The second-order valence-electron chi connectivity index (χ2n) is 5.24. The Morgan fingerprint density at radius 3 is 2.52 bits per heavy atom. The van der Waals surface area contributed by atoms with Crippen LogP contribution in [0.1, 0.15) is 10.5 Å². The van der Waals surface area contributed by atoms with Gasteiger partial charge in [-0.05, 0) is 24.3 Å².